The lowest BCUT2D eigenvalue weighted by Gasteiger charge is -2.49. The molecule has 0 aliphatic heterocycles. The van der Waals surface area contributed by atoms with Crippen molar-refractivity contribution in [3.8, 4) is 0 Å². The summed E-state index contributed by atoms with van der Waals surface area (Å²) in [5.41, 5.74) is 0.765. The lowest BCUT2D eigenvalue weighted by molar-refractivity contribution is -0.00658. The number of hydrogen-bond acceptors (Lipinski definition) is 1. The summed E-state index contributed by atoms with van der Waals surface area (Å²) in [6.45, 7) is 3.96. The summed E-state index contributed by atoms with van der Waals surface area (Å²) in [6.07, 6.45) is 30.3. The second kappa shape index (κ2) is 12.6. The minimum Gasteiger partial charge on any atom is -0.382 e. The molecule has 0 spiro atoms. The average molecular weight is 391 g/mol. The average Bonchev–Trinajstić information content (AvgIpc) is 3.50. The maximum absolute atomic E-state index is 5.46. The van der Waals surface area contributed by atoms with Gasteiger partial charge in [0.05, 0.1) is 0 Å². The summed E-state index contributed by atoms with van der Waals surface area (Å²) in [4.78, 5) is 0. The third kappa shape index (κ3) is 5.99. The van der Waals surface area contributed by atoms with Gasteiger partial charge in [0.2, 0.25) is 0 Å². The van der Waals surface area contributed by atoms with Crippen LogP contribution in [0, 0.1) is 23.2 Å². The largest absolute Gasteiger partial charge is 0.382 e. The molecule has 164 valence electrons. The summed E-state index contributed by atoms with van der Waals surface area (Å²) < 4.78 is 5.46. The van der Waals surface area contributed by atoms with Crippen LogP contribution in [0.2, 0.25) is 0 Å². The Balaban J connectivity index is 1.47. The number of rotatable bonds is 14. The highest BCUT2D eigenvalue weighted by atomic mass is 16.5. The van der Waals surface area contributed by atoms with E-state index in [2.05, 4.69) is 6.92 Å². The van der Waals surface area contributed by atoms with E-state index in [1.165, 1.54) is 83.5 Å². The fraction of sp³-hybridized carbons (Fsp3) is 1.00. The molecule has 3 fully saturated rings. The van der Waals surface area contributed by atoms with Gasteiger partial charge in [0, 0.05) is 13.2 Å². The van der Waals surface area contributed by atoms with Crippen molar-refractivity contribution in [2.75, 3.05) is 13.2 Å². The summed E-state index contributed by atoms with van der Waals surface area (Å²) in [7, 11) is 0. The zero-order chi connectivity index (χ0) is 19.5. The Morgan fingerprint density at radius 1 is 0.571 bits per heavy atom. The first-order valence-electron chi connectivity index (χ1n) is 13.5. The van der Waals surface area contributed by atoms with E-state index in [0.29, 0.717) is 0 Å². The Morgan fingerprint density at radius 3 is 1.39 bits per heavy atom. The van der Waals surface area contributed by atoms with Crippen molar-refractivity contribution >= 4 is 0 Å². The topological polar surface area (TPSA) is 9.23 Å². The molecule has 0 aromatic rings. The van der Waals surface area contributed by atoms with Crippen molar-refractivity contribution in [3.05, 3.63) is 0 Å². The highest BCUT2D eigenvalue weighted by Crippen LogP contribution is 2.60. The molecule has 0 unspecified atom stereocenters. The zero-order valence-corrected chi connectivity index (χ0v) is 19.2. The van der Waals surface area contributed by atoms with E-state index in [1.807, 2.05) is 0 Å². The predicted octanol–water partition coefficient (Wildman–Crippen LogP) is 8.70. The van der Waals surface area contributed by atoms with Gasteiger partial charge >= 0.3 is 0 Å². The molecule has 3 rings (SSSR count). The molecule has 0 bridgehead atoms. The first-order valence-corrected chi connectivity index (χ1v) is 13.5. The van der Waals surface area contributed by atoms with Gasteiger partial charge in [0.25, 0.3) is 0 Å². The van der Waals surface area contributed by atoms with E-state index >= 15 is 0 Å². The van der Waals surface area contributed by atoms with Gasteiger partial charge in [-0.05, 0) is 81.5 Å². The van der Waals surface area contributed by atoms with Crippen LogP contribution in [0.15, 0.2) is 0 Å². The molecule has 0 radical (unpaired) electrons. The summed E-state index contributed by atoms with van der Waals surface area (Å²) in [5, 5.41) is 0. The third-order valence-corrected chi connectivity index (χ3v) is 8.95. The molecule has 3 aliphatic rings. The number of unbranched alkanes of at least 4 members (excludes halogenated alkanes) is 6. The highest BCUT2D eigenvalue weighted by Gasteiger charge is 2.51. The SMILES string of the molecule is CCOCCCCCCCCCC(C1CCCC1)(C1CCCC1)C1CCCC1. The molecular weight excluding hydrogens is 340 g/mol. The molecule has 0 N–H and O–H groups in total. The van der Waals surface area contributed by atoms with Crippen LogP contribution in [0.5, 0.6) is 0 Å². The van der Waals surface area contributed by atoms with Gasteiger partial charge in [-0.3, -0.25) is 0 Å². The molecular formula is C27H50O. The standard InChI is InChI=1S/C27H50O/c1-2-28-23-15-7-5-3-4-6-14-22-27(24-16-8-9-17-24,25-18-10-11-19-25)26-20-12-13-21-26/h24-26H,2-23H2,1H3. The Morgan fingerprint density at radius 2 is 0.964 bits per heavy atom. The molecule has 1 heteroatoms. The van der Waals surface area contributed by atoms with Crippen LogP contribution in [0.1, 0.15) is 135 Å². The molecule has 0 aromatic carbocycles. The van der Waals surface area contributed by atoms with Crippen LogP contribution in [0.3, 0.4) is 0 Å². The van der Waals surface area contributed by atoms with Gasteiger partial charge in [0.15, 0.2) is 0 Å². The molecule has 28 heavy (non-hydrogen) atoms. The smallest absolute Gasteiger partial charge is 0.0465 e. The summed E-state index contributed by atoms with van der Waals surface area (Å²) in [6, 6.07) is 0. The monoisotopic (exact) mass is 390 g/mol. The lowest BCUT2D eigenvalue weighted by atomic mass is 9.55. The Hall–Kier alpha value is -0.0400. The van der Waals surface area contributed by atoms with Gasteiger partial charge in [0.1, 0.15) is 0 Å². The van der Waals surface area contributed by atoms with Gasteiger partial charge in [-0.25, -0.2) is 0 Å². The van der Waals surface area contributed by atoms with E-state index in [4.69, 9.17) is 4.74 Å². The minimum absolute atomic E-state index is 0.765. The van der Waals surface area contributed by atoms with Gasteiger partial charge < -0.3 is 4.74 Å². The van der Waals surface area contributed by atoms with Gasteiger partial charge in [-0.1, -0.05) is 77.0 Å². The van der Waals surface area contributed by atoms with Crippen LogP contribution in [-0.4, -0.2) is 13.2 Å². The second-order valence-corrected chi connectivity index (χ2v) is 10.5. The highest BCUT2D eigenvalue weighted by molar-refractivity contribution is 5.00. The maximum atomic E-state index is 5.46. The van der Waals surface area contributed by atoms with Crippen molar-refractivity contribution in [1.82, 2.24) is 0 Å². The van der Waals surface area contributed by atoms with Crippen molar-refractivity contribution in [3.63, 3.8) is 0 Å². The van der Waals surface area contributed by atoms with Crippen LogP contribution in [0.4, 0.5) is 0 Å². The van der Waals surface area contributed by atoms with Gasteiger partial charge in [-0.15, -0.1) is 0 Å². The molecule has 0 saturated heterocycles. The van der Waals surface area contributed by atoms with Crippen LogP contribution in [-0.2, 0) is 4.74 Å². The molecule has 3 saturated carbocycles. The molecule has 0 atom stereocenters. The lowest BCUT2D eigenvalue weighted by Crippen LogP contribution is -2.42. The first-order chi connectivity index (χ1) is 13.9. The predicted molar refractivity (Wildman–Crippen MR) is 122 cm³/mol. The summed E-state index contributed by atoms with van der Waals surface area (Å²) in [5.74, 6) is 3.28. The van der Waals surface area contributed by atoms with E-state index in [0.717, 1.165) is 36.4 Å². The fourth-order valence-electron chi connectivity index (χ4n) is 7.67. The van der Waals surface area contributed by atoms with E-state index < -0.39 is 0 Å². The Kier molecular flexibility index (Phi) is 10.2. The van der Waals surface area contributed by atoms with Crippen molar-refractivity contribution in [1.29, 1.82) is 0 Å². The van der Waals surface area contributed by atoms with Crippen LogP contribution in [0.25, 0.3) is 0 Å². The number of hydrogen-bond donors (Lipinski definition) is 0. The second-order valence-electron chi connectivity index (χ2n) is 10.5. The maximum Gasteiger partial charge on any atom is 0.0465 e. The zero-order valence-electron chi connectivity index (χ0n) is 19.2. The Labute approximate surface area is 176 Å². The van der Waals surface area contributed by atoms with Crippen molar-refractivity contribution < 1.29 is 4.74 Å². The molecule has 0 heterocycles. The quantitative estimate of drug-likeness (QED) is 0.269. The van der Waals surface area contributed by atoms with Crippen molar-refractivity contribution in [2.24, 2.45) is 23.2 Å². The third-order valence-electron chi connectivity index (χ3n) is 8.95. The van der Waals surface area contributed by atoms with Crippen LogP contribution >= 0.6 is 0 Å². The van der Waals surface area contributed by atoms with E-state index in [1.54, 1.807) is 44.9 Å². The molecule has 1 nitrogen and oxygen atoms in total. The fourth-order valence-corrected chi connectivity index (χ4v) is 7.67. The summed E-state index contributed by atoms with van der Waals surface area (Å²) >= 11 is 0. The molecule has 0 aromatic heterocycles. The van der Waals surface area contributed by atoms with Gasteiger partial charge in [-0.2, -0.15) is 0 Å². The Bertz CT molecular complexity index is 344. The number of ether oxygens (including phenoxy) is 1. The molecule has 0 amide bonds. The van der Waals surface area contributed by atoms with Crippen LogP contribution < -0.4 is 0 Å². The minimum atomic E-state index is 0.765. The molecule has 3 aliphatic carbocycles. The van der Waals surface area contributed by atoms with Crippen molar-refractivity contribution in [2.45, 2.75) is 135 Å². The normalized spacial score (nSPS) is 22.6. The first kappa shape index (κ1) is 22.6. The van der Waals surface area contributed by atoms with E-state index in [-0.39, 0.29) is 0 Å². The van der Waals surface area contributed by atoms with E-state index in [9.17, 15) is 0 Å².